The van der Waals surface area contributed by atoms with Crippen molar-refractivity contribution in [2.75, 3.05) is 9.80 Å². The van der Waals surface area contributed by atoms with Gasteiger partial charge in [0.2, 0.25) is 0 Å². The smallest absolute Gasteiger partial charge is 0.343 e. The van der Waals surface area contributed by atoms with Crippen molar-refractivity contribution in [2.45, 2.75) is 6.61 Å². The van der Waals surface area contributed by atoms with E-state index < -0.39 is 17.8 Å². The van der Waals surface area contributed by atoms with Crippen LogP contribution < -0.4 is 14.5 Å². The number of barbiturate groups is 1. The molecule has 4 amide bonds. The number of nitrogens with zero attached hydrogens (tertiary/aromatic N) is 2. The summed E-state index contributed by atoms with van der Waals surface area (Å²) in [5, 5.41) is 0.851. The van der Waals surface area contributed by atoms with E-state index >= 15 is 0 Å². The molecule has 0 aromatic heterocycles. The summed E-state index contributed by atoms with van der Waals surface area (Å²) >= 11 is 12.1. The highest BCUT2D eigenvalue weighted by Crippen LogP contribution is 2.31. The molecule has 0 unspecified atom stereocenters. The van der Waals surface area contributed by atoms with Crippen LogP contribution in [0.5, 0.6) is 5.75 Å². The summed E-state index contributed by atoms with van der Waals surface area (Å²) < 4.78 is 6.01. The molecular formula is C30H20Cl2N2O4. The van der Waals surface area contributed by atoms with Crippen LogP contribution in [0.3, 0.4) is 0 Å². The van der Waals surface area contributed by atoms with E-state index in [-0.39, 0.29) is 12.2 Å². The van der Waals surface area contributed by atoms with Crippen molar-refractivity contribution < 1.29 is 19.1 Å². The molecule has 38 heavy (non-hydrogen) atoms. The molecule has 0 saturated carbocycles. The minimum absolute atomic E-state index is 0.178. The normalized spacial score (nSPS) is 13.6. The first-order chi connectivity index (χ1) is 18.4. The zero-order valence-corrected chi connectivity index (χ0v) is 21.4. The third-order valence-electron chi connectivity index (χ3n) is 5.88. The van der Waals surface area contributed by atoms with Crippen molar-refractivity contribution in [3.8, 4) is 5.75 Å². The Labute approximate surface area is 229 Å². The second-order valence-electron chi connectivity index (χ2n) is 8.37. The molecule has 1 aliphatic rings. The van der Waals surface area contributed by atoms with Gasteiger partial charge in [-0.25, -0.2) is 14.6 Å². The number of anilines is 2. The average Bonchev–Trinajstić information content (AvgIpc) is 2.93. The molecule has 0 N–H and O–H groups in total. The number of imide groups is 2. The second kappa shape index (κ2) is 10.9. The molecule has 5 rings (SSSR count). The molecular weight excluding hydrogens is 523 g/mol. The van der Waals surface area contributed by atoms with Gasteiger partial charge >= 0.3 is 6.03 Å². The quantitative estimate of drug-likeness (QED) is 0.191. The number of hydrogen-bond donors (Lipinski definition) is 0. The molecule has 4 aromatic rings. The summed E-state index contributed by atoms with van der Waals surface area (Å²) in [6.45, 7) is 0.184. The highest BCUT2D eigenvalue weighted by molar-refractivity contribution is 6.46. The maximum Gasteiger partial charge on any atom is 0.343 e. The van der Waals surface area contributed by atoms with Gasteiger partial charge in [0.25, 0.3) is 11.8 Å². The fourth-order valence-corrected chi connectivity index (χ4v) is 4.34. The Bertz CT molecular complexity index is 1490. The lowest BCUT2D eigenvalue weighted by Crippen LogP contribution is -2.57. The Hall–Kier alpha value is -4.39. The molecule has 1 aliphatic heterocycles. The summed E-state index contributed by atoms with van der Waals surface area (Å²) in [5.41, 5.74) is 1.82. The lowest BCUT2D eigenvalue weighted by Gasteiger charge is -2.34. The van der Waals surface area contributed by atoms with E-state index in [4.69, 9.17) is 27.9 Å². The molecule has 0 radical (unpaired) electrons. The van der Waals surface area contributed by atoms with Crippen LogP contribution in [0.4, 0.5) is 16.2 Å². The zero-order chi connectivity index (χ0) is 26.6. The summed E-state index contributed by atoms with van der Waals surface area (Å²) in [6, 6.07) is 28.4. The number of benzene rings is 4. The fourth-order valence-electron chi connectivity index (χ4n) is 4.02. The fraction of sp³-hybridized carbons (Fsp3) is 0.0333. The predicted octanol–water partition coefficient (Wildman–Crippen LogP) is 7.16. The van der Waals surface area contributed by atoms with Gasteiger partial charge in [-0.05, 0) is 54.1 Å². The van der Waals surface area contributed by atoms with Crippen LogP contribution in [0.2, 0.25) is 10.0 Å². The van der Waals surface area contributed by atoms with Crippen molar-refractivity contribution in [3.05, 3.63) is 130 Å². The highest BCUT2D eigenvalue weighted by atomic mass is 35.5. The molecule has 4 aromatic carbocycles. The molecule has 0 aliphatic carbocycles. The first-order valence-electron chi connectivity index (χ1n) is 11.6. The Morgan fingerprint density at radius 1 is 0.658 bits per heavy atom. The lowest BCUT2D eigenvalue weighted by atomic mass is 10.0. The molecule has 0 spiro atoms. The molecule has 8 heteroatoms. The molecule has 1 fully saturated rings. The molecule has 1 heterocycles. The summed E-state index contributed by atoms with van der Waals surface area (Å²) in [7, 11) is 0. The summed E-state index contributed by atoms with van der Waals surface area (Å²) in [4.78, 5) is 42.7. The number of urea groups is 1. The number of para-hydroxylation sites is 3. The minimum atomic E-state index is -0.751. The third-order valence-corrected chi connectivity index (χ3v) is 6.61. The van der Waals surface area contributed by atoms with Crippen molar-refractivity contribution >= 4 is 58.5 Å². The second-order valence-corrected chi connectivity index (χ2v) is 9.18. The SMILES string of the molecule is O=C1C(=Cc2ccccc2OCc2ccc(Cl)c(Cl)c2)C(=O)N(c2ccccc2)C(=O)N1c1ccccc1. The Balaban J connectivity index is 1.54. The number of halogens is 2. The van der Waals surface area contributed by atoms with E-state index in [9.17, 15) is 14.4 Å². The van der Waals surface area contributed by atoms with Gasteiger partial charge in [-0.15, -0.1) is 0 Å². The van der Waals surface area contributed by atoms with E-state index in [1.807, 2.05) is 0 Å². The largest absolute Gasteiger partial charge is 0.488 e. The van der Waals surface area contributed by atoms with E-state index in [0.717, 1.165) is 15.4 Å². The zero-order valence-electron chi connectivity index (χ0n) is 19.9. The number of hydrogen-bond acceptors (Lipinski definition) is 4. The van der Waals surface area contributed by atoms with Crippen LogP contribution in [-0.4, -0.2) is 17.8 Å². The van der Waals surface area contributed by atoms with Gasteiger partial charge in [0.05, 0.1) is 21.4 Å². The van der Waals surface area contributed by atoms with Crippen LogP contribution in [0.15, 0.2) is 109 Å². The Kier molecular flexibility index (Phi) is 7.26. The Morgan fingerprint density at radius 2 is 1.21 bits per heavy atom. The van der Waals surface area contributed by atoms with Crippen LogP contribution in [0.25, 0.3) is 6.08 Å². The van der Waals surface area contributed by atoms with Crippen LogP contribution >= 0.6 is 23.2 Å². The molecule has 6 nitrogen and oxygen atoms in total. The topological polar surface area (TPSA) is 66.9 Å². The van der Waals surface area contributed by atoms with E-state index in [1.54, 1.807) is 103 Å². The van der Waals surface area contributed by atoms with Gasteiger partial charge in [-0.3, -0.25) is 9.59 Å². The number of carbonyl (C=O) groups is 3. The predicted molar refractivity (Wildman–Crippen MR) is 148 cm³/mol. The minimum Gasteiger partial charge on any atom is -0.488 e. The standard InChI is InChI=1S/C30H20Cl2N2O4/c31-25-16-15-20(17-26(25)32)19-38-27-14-8-7-9-21(27)18-24-28(35)33(22-10-3-1-4-11-22)30(37)34(29(24)36)23-12-5-2-6-13-23/h1-18H,19H2. The summed E-state index contributed by atoms with van der Waals surface area (Å²) in [5.74, 6) is -1.00. The molecule has 0 atom stereocenters. The van der Waals surface area contributed by atoms with Crippen molar-refractivity contribution in [1.29, 1.82) is 0 Å². The van der Waals surface area contributed by atoms with Crippen LogP contribution in [-0.2, 0) is 16.2 Å². The molecule has 0 bridgehead atoms. The van der Waals surface area contributed by atoms with Crippen LogP contribution in [0, 0.1) is 0 Å². The summed E-state index contributed by atoms with van der Waals surface area (Å²) in [6.07, 6.45) is 1.45. The average molecular weight is 543 g/mol. The molecule has 1 saturated heterocycles. The number of amides is 4. The Morgan fingerprint density at radius 3 is 1.79 bits per heavy atom. The van der Waals surface area contributed by atoms with E-state index in [2.05, 4.69) is 0 Å². The maximum absolute atomic E-state index is 13.6. The van der Waals surface area contributed by atoms with Gasteiger partial charge in [0.15, 0.2) is 0 Å². The van der Waals surface area contributed by atoms with Crippen LogP contribution in [0.1, 0.15) is 11.1 Å². The van der Waals surface area contributed by atoms with E-state index in [0.29, 0.717) is 32.7 Å². The van der Waals surface area contributed by atoms with Gasteiger partial charge in [-0.1, -0.05) is 83.9 Å². The molecule has 188 valence electrons. The maximum atomic E-state index is 13.6. The van der Waals surface area contributed by atoms with Gasteiger partial charge < -0.3 is 4.74 Å². The number of carbonyl (C=O) groups excluding carboxylic acids is 3. The third kappa shape index (κ3) is 5.05. The van der Waals surface area contributed by atoms with Crippen molar-refractivity contribution in [3.63, 3.8) is 0 Å². The lowest BCUT2D eigenvalue weighted by molar-refractivity contribution is -0.121. The van der Waals surface area contributed by atoms with Gasteiger partial charge in [-0.2, -0.15) is 0 Å². The van der Waals surface area contributed by atoms with Gasteiger partial charge in [0, 0.05) is 5.56 Å². The number of ether oxygens (including phenoxy) is 1. The van der Waals surface area contributed by atoms with Crippen molar-refractivity contribution in [2.24, 2.45) is 0 Å². The van der Waals surface area contributed by atoms with E-state index in [1.165, 1.54) is 6.08 Å². The highest BCUT2D eigenvalue weighted by Gasteiger charge is 2.43. The van der Waals surface area contributed by atoms with Crippen molar-refractivity contribution in [1.82, 2.24) is 0 Å². The first-order valence-corrected chi connectivity index (χ1v) is 12.4. The number of rotatable bonds is 6. The first kappa shape index (κ1) is 25.3. The monoisotopic (exact) mass is 542 g/mol. The van der Waals surface area contributed by atoms with Gasteiger partial charge in [0.1, 0.15) is 17.9 Å².